The molecule has 0 saturated heterocycles. The summed E-state index contributed by atoms with van der Waals surface area (Å²) in [6, 6.07) is 8.90. The molecule has 0 bridgehead atoms. The van der Waals surface area contributed by atoms with Gasteiger partial charge in [-0.05, 0) is 29.4 Å². The van der Waals surface area contributed by atoms with Crippen LogP contribution in [0.15, 0.2) is 24.3 Å². The standard InChI is InChI=1S/C15H22N2O2/c1-15(2)8-7-13(17-9-10-19-14(16)18)11-5-3-4-6-12(11)15/h3-6,13,17H,7-10H2,1-2H3,(H2,16,18). The van der Waals surface area contributed by atoms with E-state index in [1.54, 1.807) is 0 Å². The van der Waals surface area contributed by atoms with E-state index < -0.39 is 6.09 Å². The first-order valence-corrected chi connectivity index (χ1v) is 6.76. The highest BCUT2D eigenvalue weighted by Gasteiger charge is 2.31. The van der Waals surface area contributed by atoms with Crippen LogP contribution in [0.5, 0.6) is 0 Å². The second-order valence-electron chi connectivity index (χ2n) is 5.68. The van der Waals surface area contributed by atoms with E-state index in [4.69, 9.17) is 10.5 Å². The van der Waals surface area contributed by atoms with Crippen LogP contribution < -0.4 is 11.1 Å². The van der Waals surface area contributed by atoms with E-state index in [1.165, 1.54) is 11.1 Å². The molecule has 1 unspecified atom stereocenters. The highest BCUT2D eigenvalue weighted by molar-refractivity contribution is 5.64. The Labute approximate surface area is 114 Å². The Morgan fingerprint density at radius 2 is 2.21 bits per heavy atom. The van der Waals surface area contributed by atoms with E-state index in [0.29, 0.717) is 19.2 Å². The summed E-state index contributed by atoms with van der Waals surface area (Å²) in [6.07, 6.45) is 1.53. The first-order chi connectivity index (χ1) is 9.00. The van der Waals surface area contributed by atoms with Gasteiger partial charge in [0.1, 0.15) is 6.61 Å². The molecule has 4 nitrogen and oxygen atoms in total. The lowest BCUT2D eigenvalue weighted by Crippen LogP contribution is -2.34. The van der Waals surface area contributed by atoms with Gasteiger partial charge in [0.2, 0.25) is 0 Å². The summed E-state index contributed by atoms with van der Waals surface area (Å²) in [5, 5.41) is 3.44. The fourth-order valence-electron chi connectivity index (χ4n) is 2.81. The molecule has 0 aromatic heterocycles. The molecule has 0 aliphatic heterocycles. The number of fused-ring (bicyclic) bond motifs is 1. The van der Waals surface area contributed by atoms with Crippen molar-refractivity contribution >= 4 is 6.09 Å². The number of rotatable bonds is 4. The van der Waals surface area contributed by atoms with Gasteiger partial charge in [-0.15, -0.1) is 0 Å². The van der Waals surface area contributed by atoms with Crippen molar-refractivity contribution in [2.45, 2.75) is 38.1 Å². The van der Waals surface area contributed by atoms with Gasteiger partial charge in [0.15, 0.2) is 0 Å². The maximum Gasteiger partial charge on any atom is 0.404 e. The Kier molecular flexibility index (Phi) is 4.10. The fourth-order valence-corrected chi connectivity index (χ4v) is 2.81. The van der Waals surface area contributed by atoms with Gasteiger partial charge in [-0.2, -0.15) is 0 Å². The number of hydrogen-bond acceptors (Lipinski definition) is 3. The average molecular weight is 262 g/mol. The van der Waals surface area contributed by atoms with Crippen LogP contribution in [0, 0.1) is 0 Å². The second-order valence-corrected chi connectivity index (χ2v) is 5.68. The van der Waals surface area contributed by atoms with Crippen molar-refractivity contribution in [1.82, 2.24) is 5.32 Å². The van der Waals surface area contributed by atoms with Gasteiger partial charge < -0.3 is 15.8 Å². The number of primary amides is 1. The molecular weight excluding hydrogens is 240 g/mol. The SMILES string of the molecule is CC1(C)CCC(NCCOC(N)=O)c2ccccc21. The van der Waals surface area contributed by atoms with Crippen molar-refractivity contribution in [3.63, 3.8) is 0 Å². The van der Waals surface area contributed by atoms with Crippen LogP contribution in [0.3, 0.4) is 0 Å². The Morgan fingerprint density at radius 1 is 1.47 bits per heavy atom. The number of ether oxygens (including phenoxy) is 1. The monoisotopic (exact) mass is 262 g/mol. The Bertz CT molecular complexity index is 457. The molecule has 0 fully saturated rings. The van der Waals surface area contributed by atoms with Crippen LogP contribution in [0.1, 0.15) is 43.9 Å². The zero-order valence-corrected chi connectivity index (χ0v) is 11.6. The number of amides is 1. The molecule has 0 radical (unpaired) electrons. The molecule has 1 amide bonds. The first kappa shape index (κ1) is 13.9. The van der Waals surface area contributed by atoms with Crippen LogP contribution in [-0.2, 0) is 10.2 Å². The third-order valence-electron chi connectivity index (χ3n) is 3.86. The Morgan fingerprint density at radius 3 is 2.95 bits per heavy atom. The minimum absolute atomic E-state index is 0.235. The second kappa shape index (κ2) is 5.61. The summed E-state index contributed by atoms with van der Waals surface area (Å²) in [7, 11) is 0. The van der Waals surface area contributed by atoms with E-state index in [2.05, 4.69) is 43.4 Å². The maximum atomic E-state index is 10.5. The van der Waals surface area contributed by atoms with Gasteiger partial charge in [-0.3, -0.25) is 0 Å². The lowest BCUT2D eigenvalue weighted by molar-refractivity contribution is 0.155. The number of nitrogens with two attached hydrogens (primary N) is 1. The first-order valence-electron chi connectivity index (χ1n) is 6.76. The maximum absolute atomic E-state index is 10.5. The molecule has 0 spiro atoms. The molecule has 1 aromatic rings. The van der Waals surface area contributed by atoms with Crippen LogP contribution in [-0.4, -0.2) is 19.2 Å². The van der Waals surface area contributed by atoms with Crippen molar-refractivity contribution in [3.8, 4) is 0 Å². The van der Waals surface area contributed by atoms with E-state index in [1.807, 2.05) is 0 Å². The van der Waals surface area contributed by atoms with Crippen molar-refractivity contribution < 1.29 is 9.53 Å². The number of benzene rings is 1. The normalized spacial score (nSPS) is 20.6. The lowest BCUT2D eigenvalue weighted by Gasteiger charge is -2.37. The van der Waals surface area contributed by atoms with Crippen LogP contribution in [0.2, 0.25) is 0 Å². The van der Waals surface area contributed by atoms with E-state index in [-0.39, 0.29) is 5.41 Å². The van der Waals surface area contributed by atoms with E-state index in [9.17, 15) is 4.79 Å². The summed E-state index contributed by atoms with van der Waals surface area (Å²) < 4.78 is 4.74. The topological polar surface area (TPSA) is 64.3 Å². The summed E-state index contributed by atoms with van der Waals surface area (Å²) in [5.74, 6) is 0. The van der Waals surface area contributed by atoms with Crippen LogP contribution in [0.25, 0.3) is 0 Å². The van der Waals surface area contributed by atoms with Crippen molar-refractivity contribution in [1.29, 1.82) is 0 Å². The summed E-state index contributed by atoms with van der Waals surface area (Å²) in [5.41, 5.74) is 7.94. The predicted molar refractivity (Wildman–Crippen MR) is 75.0 cm³/mol. The largest absolute Gasteiger partial charge is 0.448 e. The summed E-state index contributed by atoms with van der Waals surface area (Å²) in [4.78, 5) is 10.5. The molecule has 1 atom stereocenters. The number of nitrogens with one attached hydrogen (secondary N) is 1. The molecule has 19 heavy (non-hydrogen) atoms. The van der Waals surface area contributed by atoms with Gasteiger partial charge >= 0.3 is 6.09 Å². The minimum Gasteiger partial charge on any atom is -0.448 e. The third kappa shape index (κ3) is 3.26. The quantitative estimate of drug-likeness (QED) is 0.819. The highest BCUT2D eigenvalue weighted by Crippen LogP contribution is 2.41. The molecule has 3 N–H and O–H groups in total. The molecule has 2 rings (SSSR count). The average Bonchev–Trinajstić information content (AvgIpc) is 2.37. The number of hydrogen-bond donors (Lipinski definition) is 2. The Balaban J connectivity index is 2.02. The molecule has 1 aromatic carbocycles. The molecule has 1 aliphatic rings. The van der Waals surface area contributed by atoms with Crippen LogP contribution in [0.4, 0.5) is 4.79 Å². The summed E-state index contributed by atoms with van der Waals surface area (Å²) >= 11 is 0. The fraction of sp³-hybridized carbons (Fsp3) is 0.533. The zero-order chi connectivity index (χ0) is 13.9. The minimum atomic E-state index is -0.716. The molecule has 104 valence electrons. The molecule has 0 heterocycles. The highest BCUT2D eigenvalue weighted by atomic mass is 16.5. The van der Waals surface area contributed by atoms with Crippen LogP contribution >= 0.6 is 0 Å². The van der Waals surface area contributed by atoms with Gasteiger partial charge in [0, 0.05) is 12.6 Å². The predicted octanol–water partition coefficient (Wildman–Crippen LogP) is 2.48. The van der Waals surface area contributed by atoms with Gasteiger partial charge in [0.25, 0.3) is 0 Å². The van der Waals surface area contributed by atoms with E-state index >= 15 is 0 Å². The van der Waals surface area contributed by atoms with Crippen molar-refractivity contribution in [2.75, 3.05) is 13.2 Å². The van der Waals surface area contributed by atoms with Crippen molar-refractivity contribution in [3.05, 3.63) is 35.4 Å². The number of carbonyl (C=O) groups excluding carboxylic acids is 1. The molecule has 4 heteroatoms. The molecule has 1 aliphatic carbocycles. The third-order valence-corrected chi connectivity index (χ3v) is 3.86. The smallest absolute Gasteiger partial charge is 0.404 e. The van der Waals surface area contributed by atoms with E-state index in [0.717, 1.165) is 12.8 Å². The molecular formula is C15H22N2O2. The molecule has 0 saturated carbocycles. The summed E-state index contributed by atoms with van der Waals surface area (Å²) in [6.45, 7) is 5.52. The van der Waals surface area contributed by atoms with Gasteiger partial charge in [-0.25, -0.2) is 4.79 Å². The van der Waals surface area contributed by atoms with Gasteiger partial charge in [0.05, 0.1) is 0 Å². The zero-order valence-electron chi connectivity index (χ0n) is 11.6. The number of carbonyl (C=O) groups is 1. The van der Waals surface area contributed by atoms with Gasteiger partial charge in [-0.1, -0.05) is 38.1 Å². The Hall–Kier alpha value is -1.55. The van der Waals surface area contributed by atoms with Crippen molar-refractivity contribution in [2.24, 2.45) is 5.73 Å². The lowest BCUT2D eigenvalue weighted by atomic mass is 9.71.